The van der Waals surface area contributed by atoms with Gasteiger partial charge in [-0.15, -0.1) is 0 Å². The summed E-state index contributed by atoms with van der Waals surface area (Å²) >= 11 is 0. The molecule has 48 heavy (non-hydrogen) atoms. The first kappa shape index (κ1) is 40.1. The van der Waals surface area contributed by atoms with E-state index in [-0.39, 0.29) is 31.1 Å². The zero-order valence-electron chi connectivity index (χ0n) is 28.1. The number of nitrogens with one attached hydrogen (secondary N) is 3. The van der Waals surface area contributed by atoms with Crippen molar-refractivity contribution in [2.45, 2.75) is 104 Å². The van der Waals surface area contributed by atoms with Crippen LogP contribution in [0, 0.1) is 40.9 Å². The lowest BCUT2D eigenvalue weighted by Crippen LogP contribution is -2.57. The lowest BCUT2D eigenvalue weighted by molar-refractivity contribution is -0.136. The highest BCUT2D eigenvalue weighted by atomic mass is 19.2. The second kappa shape index (κ2) is 17.4. The van der Waals surface area contributed by atoms with E-state index < -0.39 is 94.6 Å². The van der Waals surface area contributed by atoms with Crippen LogP contribution in [0.4, 0.5) is 26.7 Å². The van der Waals surface area contributed by atoms with Gasteiger partial charge in [0.2, 0.25) is 11.7 Å². The van der Waals surface area contributed by atoms with Crippen LogP contribution in [-0.4, -0.2) is 58.6 Å². The number of hydrogen-bond donors (Lipinski definition) is 4. The summed E-state index contributed by atoms with van der Waals surface area (Å²) in [5.41, 5.74) is -1.54. The van der Waals surface area contributed by atoms with Crippen LogP contribution in [-0.2, 0) is 32.0 Å². The van der Waals surface area contributed by atoms with Crippen LogP contribution in [0.3, 0.4) is 0 Å². The van der Waals surface area contributed by atoms with Gasteiger partial charge in [0.1, 0.15) is 11.6 Å². The molecule has 0 heterocycles. The Labute approximate surface area is 277 Å². The molecule has 4 N–H and O–H groups in total. The second-order valence-electron chi connectivity index (χ2n) is 13.5. The quantitative estimate of drug-likeness (QED) is 0.118. The molecule has 0 saturated carbocycles. The number of halogens is 5. The highest BCUT2D eigenvalue weighted by Crippen LogP contribution is 2.24. The Bertz CT molecular complexity index is 1420. The number of aliphatic hydroxyl groups is 1. The fraction of sp³-hybridized carbons (Fsp3) is 0.529. The number of ether oxygens (including phenoxy) is 1. The van der Waals surface area contributed by atoms with Crippen LogP contribution in [0.1, 0.15) is 72.4 Å². The molecule has 0 aliphatic heterocycles. The van der Waals surface area contributed by atoms with E-state index >= 15 is 0 Å². The molecular formula is C34H44F5N3O6. The van der Waals surface area contributed by atoms with E-state index in [9.17, 15) is 46.2 Å². The first-order valence-corrected chi connectivity index (χ1v) is 15.6. The fourth-order valence-electron chi connectivity index (χ4n) is 4.83. The summed E-state index contributed by atoms with van der Waals surface area (Å²) in [5.74, 6) is -14.5. The molecule has 4 unspecified atom stereocenters. The third-order valence-electron chi connectivity index (χ3n) is 7.05. The Morgan fingerprint density at radius 3 is 1.71 bits per heavy atom. The third-order valence-corrected chi connectivity index (χ3v) is 7.05. The van der Waals surface area contributed by atoms with Crippen molar-refractivity contribution in [2.75, 3.05) is 0 Å². The molecule has 0 aliphatic rings. The smallest absolute Gasteiger partial charge is 0.407 e. The van der Waals surface area contributed by atoms with Crippen molar-refractivity contribution >= 4 is 23.7 Å². The summed E-state index contributed by atoms with van der Waals surface area (Å²) in [6.07, 6.45) is -4.01. The zero-order chi connectivity index (χ0) is 36.5. The van der Waals surface area contributed by atoms with Gasteiger partial charge in [-0.1, -0.05) is 58.0 Å². The third kappa shape index (κ3) is 11.9. The monoisotopic (exact) mass is 685 g/mol. The summed E-state index contributed by atoms with van der Waals surface area (Å²) in [4.78, 5) is 52.6. The van der Waals surface area contributed by atoms with E-state index in [2.05, 4.69) is 16.0 Å². The lowest BCUT2D eigenvalue weighted by atomic mass is 9.94. The predicted octanol–water partition coefficient (Wildman–Crippen LogP) is 5.05. The van der Waals surface area contributed by atoms with Crippen LogP contribution < -0.4 is 16.0 Å². The van der Waals surface area contributed by atoms with Gasteiger partial charge in [-0.25, -0.2) is 26.7 Å². The van der Waals surface area contributed by atoms with Gasteiger partial charge in [0.05, 0.1) is 12.1 Å². The molecule has 0 spiro atoms. The number of hydrogen-bond acceptors (Lipinski definition) is 6. The summed E-state index contributed by atoms with van der Waals surface area (Å²) in [5, 5.41) is 18.5. The molecule has 0 aliphatic carbocycles. The molecule has 9 nitrogen and oxygen atoms in total. The van der Waals surface area contributed by atoms with Gasteiger partial charge in [-0.2, -0.15) is 0 Å². The summed E-state index contributed by atoms with van der Waals surface area (Å²) in [7, 11) is 0. The number of rotatable bonds is 15. The Kier molecular flexibility index (Phi) is 14.5. The maximum Gasteiger partial charge on any atom is 0.407 e. The minimum absolute atomic E-state index is 0.0123. The number of carbonyl (C=O) groups is 4. The average molecular weight is 686 g/mol. The number of benzene rings is 2. The van der Waals surface area contributed by atoms with Crippen molar-refractivity contribution < 1.29 is 51.0 Å². The minimum atomic E-state index is -2.37. The summed E-state index contributed by atoms with van der Waals surface area (Å²) in [6.45, 7) is 11.8. The van der Waals surface area contributed by atoms with Crippen LogP contribution in [0.5, 0.6) is 0 Å². The van der Waals surface area contributed by atoms with Crippen LogP contribution in [0.15, 0.2) is 30.3 Å². The van der Waals surface area contributed by atoms with E-state index in [0.717, 1.165) is 0 Å². The zero-order valence-corrected chi connectivity index (χ0v) is 28.1. The number of carbonyl (C=O) groups excluding carboxylic acids is 4. The van der Waals surface area contributed by atoms with Gasteiger partial charge >= 0.3 is 6.09 Å². The van der Waals surface area contributed by atoms with Crippen molar-refractivity contribution in [3.8, 4) is 0 Å². The highest BCUT2D eigenvalue weighted by Gasteiger charge is 2.35. The maximum absolute atomic E-state index is 14.3. The van der Waals surface area contributed by atoms with E-state index in [4.69, 9.17) is 4.74 Å². The maximum atomic E-state index is 14.3. The van der Waals surface area contributed by atoms with Gasteiger partial charge in [0, 0.05) is 12.0 Å². The van der Waals surface area contributed by atoms with Gasteiger partial charge in [-0.05, 0) is 57.4 Å². The summed E-state index contributed by atoms with van der Waals surface area (Å²) < 4.78 is 75.0. The predicted molar refractivity (Wildman–Crippen MR) is 167 cm³/mol. The first-order valence-electron chi connectivity index (χ1n) is 15.6. The Morgan fingerprint density at radius 1 is 0.729 bits per heavy atom. The number of Topliss-reactive ketones (excluding diaryl/α,β-unsaturated/α-hetero) is 1. The lowest BCUT2D eigenvalue weighted by Gasteiger charge is -2.29. The largest absolute Gasteiger partial charge is 0.444 e. The van der Waals surface area contributed by atoms with Crippen LogP contribution >= 0.6 is 0 Å². The van der Waals surface area contributed by atoms with E-state index in [1.165, 1.54) is 0 Å². The topological polar surface area (TPSA) is 134 Å². The SMILES string of the molecule is CC(C)CC(NC(=O)C(CC(C)C)NC(=O)C(O)C(Cc1ccccc1)NC(=O)OC(C)(C)C)C(=O)Cc1c(F)c(F)c(F)c(F)c1F. The molecule has 0 fully saturated rings. The van der Waals surface area contributed by atoms with Gasteiger partial charge in [0.15, 0.2) is 35.2 Å². The molecule has 0 saturated heterocycles. The van der Waals surface area contributed by atoms with Gasteiger partial charge in [0.25, 0.3) is 5.91 Å². The molecule has 266 valence electrons. The van der Waals surface area contributed by atoms with Crippen molar-refractivity contribution in [3.05, 3.63) is 70.5 Å². The molecule has 4 atom stereocenters. The molecule has 14 heteroatoms. The molecule has 2 aromatic carbocycles. The van der Waals surface area contributed by atoms with E-state index in [1.807, 2.05) is 0 Å². The Balaban J connectivity index is 2.31. The highest BCUT2D eigenvalue weighted by molar-refractivity contribution is 5.94. The van der Waals surface area contributed by atoms with Crippen molar-refractivity contribution in [3.63, 3.8) is 0 Å². The molecule has 3 amide bonds. The normalized spacial score (nSPS) is 14.2. The Hall–Kier alpha value is -4.07. The van der Waals surface area contributed by atoms with E-state index in [0.29, 0.717) is 5.56 Å². The standard InChI is InChI=1S/C34H44F5N3O6/c1-17(2)13-21(24(43)16-20-25(35)27(37)29(39)28(38)26(20)36)40-31(45)23(14-18(3)4)41-32(46)30(44)22(15-19-11-9-8-10-12-19)42-33(47)48-34(5,6)7/h8-12,17-18,21-23,30,44H,13-16H2,1-7H3,(H,40,45)(H,41,46)(H,42,47). The molecule has 2 aromatic rings. The molecule has 0 bridgehead atoms. The number of ketones is 1. The van der Waals surface area contributed by atoms with Gasteiger partial charge in [-0.3, -0.25) is 14.4 Å². The van der Waals surface area contributed by atoms with Crippen molar-refractivity contribution in [2.24, 2.45) is 11.8 Å². The summed E-state index contributed by atoms with van der Waals surface area (Å²) in [6, 6.07) is 4.72. The van der Waals surface area contributed by atoms with Crippen molar-refractivity contribution in [1.82, 2.24) is 16.0 Å². The number of amides is 3. The van der Waals surface area contributed by atoms with Crippen LogP contribution in [0.2, 0.25) is 0 Å². The van der Waals surface area contributed by atoms with E-state index in [1.54, 1.807) is 78.8 Å². The molecule has 2 rings (SSSR count). The minimum Gasteiger partial charge on any atom is -0.444 e. The molecular weight excluding hydrogens is 641 g/mol. The van der Waals surface area contributed by atoms with Crippen LogP contribution in [0.25, 0.3) is 0 Å². The molecule has 0 aromatic heterocycles. The average Bonchev–Trinajstić information content (AvgIpc) is 2.98. The van der Waals surface area contributed by atoms with Gasteiger partial charge < -0.3 is 25.8 Å². The number of aliphatic hydroxyl groups excluding tert-OH is 1. The second-order valence-corrected chi connectivity index (χ2v) is 13.5. The molecule has 0 radical (unpaired) electrons. The fourth-order valence-corrected chi connectivity index (χ4v) is 4.83. The first-order chi connectivity index (χ1) is 22.2. The Morgan fingerprint density at radius 2 is 1.21 bits per heavy atom. The van der Waals surface area contributed by atoms with Crippen molar-refractivity contribution in [1.29, 1.82) is 0 Å². The number of alkyl carbamates (subject to hydrolysis) is 1.